The van der Waals surface area contributed by atoms with Crippen molar-refractivity contribution in [3.05, 3.63) is 76.4 Å². The van der Waals surface area contributed by atoms with Crippen LogP contribution >= 0.6 is 15.9 Å². The predicted octanol–water partition coefficient (Wildman–Crippen LogP) is 5.48. The van der Waals surface area contributed by atoms with Gasteiger partial charge in [0.05, 0.1) is 7.11 Å². The van der Waals surface area contributed by atoms with Gasteiger partial charge in [0.25, 0.3) is 0 Å². The van der Waals surface area contributed by atoms with Crippen LogP contribution in [-0.2, 0) is 18.3 Å². The monoisotopic (exact) mass is 450 g/mol. The van der Waals surface area contributed by atoms with Gasteiger partial charge < -0.3 is 9.72 Å². The smallest absolute Gasteiger partial charge is 0.119 e. The Hall–Kier alpha value is -2.04. The second kappa shape index (κ2) is 7.33. The number of hydrogen-bond donors (Lipinski definition) is 1. The zero-order valence-corrected chi connectivity index (χ0v) is 18.5. The topological polar surface area (TPSA) is 28.3 Å². The molecule has 1 unspecified atom stereocenters. The summed E-state index contributed by atoms with van der Waals surface area (Å²) in [7, 11) is 1.76. The molecule has 0 bridgehead atoms. The lowest BCUT2D eigenvalue weighted by Gasteiger charge is -2.51. The lowest BCUT2D eigenvalue weighted by Crippen LogP contribution is -2.53. The van der Waals surface area contributed by atoms with E-state index in [0.717, 1.165) is 49.1 Å². The zero-order valence-electron chi connectivity index (χ0n) is 16.9. The van der Waals surface area contributed by atoms with Crippen LogP contribution in [0.2, 0.25) is 0 Å². The molecule has 1 saturated heterocycles. The van der Waals surface area contributed by atoms with E-state index in [1.54, 1.807) is 7.11 Å². The molecule has 5 rings (SSSR count). The number of methoxy groups -OCH3 is 1. The molecule has 1 N–H and O–H groups in total. The van der Waals surface area contributed by atoms with Crippen LogP contribution in [0.25, 0.3) is 10.9 Å². The number of piperidine rings is 1. The van der Waals surface area contributed by atoms with Gasteiger partial charge in [-0.3, -0.25) is 4.90 Å². The average molecular weight is 451 g/mol. The normalized spacial score (nSPS) is 24.1. The van der Waals surface area contributed by atoms with Crippen molar-refractivity contribution in [2.45, 2.75) is 24.7 Å². The molecule has 0 amide bonds. The summed E-state index contributed by atoms with van der Waals surface area (Å²) < 4.78 is 6.70. The summed E-state index contributed by atoms with van der Waals surface area (Å²) >= 11 is 3.63. The molecule has 0 saturated carbocycles. The van der Waals surface area contributed by atoms with Crippen molar-refractivity contribution in [2.24, 2.45) is 5.92 Å². The highest BCUT2D eigenvalue weighted by atomic mass is 79.9. The second-order valence-electron chi connectivity index (χ2n) is 8.54. The molecule has 2 heterocycles. The van der Waals surface area contributed by atoms with Crippen LogP contribution in [0.5, 0.6) is 5.75 Å². The highest BCUT2D eigenvalue weighted by Crippen LogP contribution is 2.49. The van der Waals surface area contributed by atoms with E-state index in [-0.39, 0.29) is 5.41 Å². The van der Waals surface area contributed by atoms with Crippen LogP contribution in [0.4, 0.5) is 0 Å². The minimum atomic E-state index is 0.150. The molecule has 1 aliphatic heterocycles. The van der Waals surface area contributed by atoms with Gasteiger partial charge in [-0.25, -0.2) is 0 Å². The Kier molecular flexibility index (Phi) is 4.79. The molecule has 29 heavy (non-hydrogen) atoms. The number of hydrogen-bond acceptors (Lipinski definition) is 2. The first-order chi connectivity index (χ1) is 14.1. The molecule has 3 aromatic rings. The van der Waals surface area contributed by atoms with Gasteiger partial charge >= 0.3 is 0 Å². The van der Waals surface area contributed by atoms with Gasteiger partial charge in [0.1, 0.15) is 5.75 Å². The largest absolute Gasteiger partial charge is 0.497 e. The molecule has 1 aliphatic carbocycles. The molecule has 2 atom stereocenters. The fourth-order valence-electron chi connectivity index (χ4n) is 5.62. The molecule has 1 fully saturated rings. The Labute approximate surface area is 180 Å². The lowest BCUT2D eigenvalue weighted by atomic mass is 9.58. The number of fused-ring (bicyclic) bond motifs is 4. The number of aromatic nitrogens is 1. The Balaban J connectivity index is 1.63. The van der Waals surface area contributed by atoms with E-state index in [0.29, 0.717) is 5.92 Å². The van der Waals surface area contributed by atoms with Crippen molar-refractivity contribution in [3.8, 4) is 5.75 Å². The maximum Gasteiger partial charge on any atom is 0.119 e. The minimum Gasteiger partial charge on any atom is -0.497 e. The molecule has 0 radical (unpaired) electrons. The molecule has 4 heteroatoms. The summed E-state index contributed by atoms with van der Waals surface area (Å²) in [6, 6.07) is 15.4. The molecular formula is C25H27BrN2O. The Morgan fingerprint density at radius 3 is 3.03 bits per heavy atom. The third-order valence-electron chi connectivity index (χ3n) is 7.07. The zero-order chi connectivity index (χ0) is 20.0. The van der Waals surface area contributed by atoms with E-state index < -0.39 is 0 Å². The maximum absolute atomic E-state index is 5.58. The molecule has 2 aromatic carbocycles. The van der Waals surface area contributed by atoms with Crippen LogP contribution in [0.15, 0.2) is 59.6 Å². The van der Waals surface area contributed by atoms with Gasteiger partial charge in [-0.05, 0) is 67.1 Å². The van der Waals surface area contributed by atoms with Gasteiger partial charge in [-0.15, -0.1) is 6.58 Å². The highest BCUT2D eigenvalue weighted by Gasteiger charge is 2.47. The number of halogens is 1. The number of rotatable bonds is 4. The van der Waals surface area contributed by atoms with E-state index >= 15 is 0 Å². The number of nitrogens with zero attached hydrogens (tertiary/aromatic N) is 1. The van der Waals surface area contributed by atoms with Crippen molar-refractivity contribution in [1.82, 2.24) is 9.88 Å². The molecule has 1 aromatic heterocycles. The summed E-state index contributed by atoms with van der Waals surface area (Å²) in [5.74, 6) is 1.54. The minimum absolute atomic E-state index is 0.150. The number of H-pyrrole nitrogens is 1. The fourth-order valence-corrected chi connectivity index (χ4v) is 5.99. The van der Waals surface area contributed by atoms with Gasteiger partial charge in [0, 0.05) is 39.6 Å². The van der Waals surface area contributed by atoms with Crippen molar-refractivity contribution in [1.29, 1.82) is 0 Å². The van der Waals surface area contributed by atoms with Crippen molar-refractivity contribution in [2.75, 3.05) is 26.7 Å². The molecule has 2 aliphatic rings. The molecule has 3 nitrogen and oxygen atoms in total. The quantitative estimate of drug-likeness (QED) is 0.532. The Morgan fingerprint density at radius 1 is 1.31 bits per heavy atom. The van der Waals surface area contributed by atoms with Gasteiger partial charge in [0.2, 0.25) is 0 Å². The van der Waals surface area contributed by atoms with Crippen molar-refractivity contribution in [3.63, 3.8) is 0 Å². The second-order valence-corrected chi connectivity index (χ2v) is 9.45. The summed E-state index contributed by atoms with van der Waals surface area (Å²) in [5.41, 5.74) is 5.74. The molecule has 150 valence electrons. The van der Waals surface area contributed by atoms with E-state index in [1.807, 2.05) is 6.08 Å². The first-order valence-corrected chi connectivity index (χ1v) is 11.2. The van der Waals surface area contributed by atoms with Crippen molar-refractivity contribution >= 4 is 26.8 Å². The van der Waals surface area contributed by atoms with Crippen LogP contribution in [0, 0.1) is 5.92 Å². The number of likely N-dealkylation sites (tertiary alicyclic amines) is 1. The van der Waals surface area contributed by atoms with E-state index in [4.69, 9.17) is 4.74 Å². The van der Waals surface area contributed by atoms with Gasteiger partial charge in [0.15, 0.2) is 0 Å². The summed E-state index contributed by atoms with van der Waals surface area (Å²) in [6.07, 6.45) is 5.38. The van der Waals surface area contributed by atoms with Gasteiger partial charge in [-0.2, -0.15) is 0 Å². The summed E-state index contributed by atoms with van der Waals surface area (Å²) in [4.78, 5) is 6.32. The highest BCUT2D eigenvalue weighted by molar-refractivity contribution is 9.10. The summed E-state index contributed by atoms with van der Waals surface area (Å²) in [6.45, 7) is 7.17. The predicted molar refractivity (Wildman–Crippen MR) is 123 cm³/mol. The standard InChI is InChI=1S/C25H27BrN2O/c1-3-10-28-11-9-25(17-5-4-6-20(12-17)29-2)15-24-22(13-18(25)16-28)21-8-7-19(26)14-23(21)27-24/h3-8,12,14,18,27H,1,9-11,13,15-16H2,2H3/t18?,25-/m1/s1. The Bertz CT molecular complexity index is 1070. The Morgan fingerprint density at radius 2 is 2.21 bits per heavy atom. The first kappa shape index (κ1) is 19.0. The van der Waals surface area contributed by atoms with E-state index in [1.165, 1.54) is 27.7 Å². The maximum atomic E-state index is 5.58. The third kappa shape index (κ3) is 3.13. The first-order valence-electron chi connectivity index (χ1n) is 10.4. The van der Waals surface area contributed by atoms with Gasteiger partial charge in [-0.1, -0.05) is 40.2 Å². The third-order valence-corrected chi connectivity index (χ3v) is 7.56. The summed E-state index contributed by atoms with van der Waals surface area (Å²) in [5, 5.41) is 1.38. The lowest BCUT2D eigenvalue weighted by molar-refractivity contribution is 0.0896. The average Bonchev–Trinajstić information content (AvgIpc) is 3.08. The number of ether oxygens (including phenoxy) is 1. The van der Waals surface area contributed by atoms with E-state index in [9.17, 15) is 0 Å². The van der Waals surface area contributed by atoms with Crippen LogP contribution in [0.3, 0.4) is 0 Å². The number of aromatic amines is 1. The van der Waals surface area contributed by atoms with Crippen LogP contribution in [0.1, 0.15) is 23.2 Å². The fraction of sp³-hybridized carbons (Fsp3) is 0.360. The molecular weight excluding hydrogens is 424 g/mol. The number of benzene rings is 2. The van der Waals surface area contributed by atoms with Crippen LogP contribution in [-0.4, -0.2) is 36.6 Å². The van der Waals surface area contributed by atoms with Crippen LogP contribution < -0.4 is 4.74 Å². The number of nitrogens with one attached hydrogen (secondary N) is 1. The van der Waals surface area contributed by atoms with Crippen molar-refractivity contribution < 1.29 is 4.74 Å². The van der Waals surface area contributed by atoms with E-state index in [2.05, 4.69) is 74.9 Å². The molecule has 0 spiro atoms. The SMILES string of the molecule is C=CCN1CC[C@]2(c3cccc(OC)c3)Cc3[nH]c4cc(Br)ccc4c3CC2C1.